The maximum Gasteiger partial charge on any atom is 0.255 e. The Morgan fingerprint density at radius 1 is 1.14 bits per heavy atom. The molecule has 3 N–H and O–H groups in total. The van der Waals surface area contributed by atoms with Crippen molar-refractivity contribution in [3.8, 4) is 5.69 Å². The van der Waals surface area contributed by atoms with Crippen LogP contribution in [0, 0.1) is 0 Å². The number of aromatic nitrogens is 2. The number of amides is 2. The number of nitrogens with zero attached hydrogens (tertiary/aromatic N) is 2. The van der Waals surface area contributed by atoms with E-state index in [1.54, 1.807) is 53.3 Å². The fraction of sp³-hybridized carbons (Fsp3) is 0.190. The lowest BCUT2D eigenvalue weighted by atomic mass is 10.1. The van der Waals surface area contributed by atoms with Crippen LogP contribution in [-0.2, 0) is 6.54 Å². The van der Waals surface area contributed by atoms with E-state index in [0.29, 0.717) is 33.4 Å². The Labute approximate surface area is 177 Å². The second kappa shape index (κ2) is 7.89. The van der Waals surface area contributed by atoms with Crippen molar-refractivity contribution in [2.45, 2.75) is 25.3 Å². The summed E-state index contributed by atoms with van der Waals surface area (Å²) in [5, 5.41) is 8.35. The summed E-state index contributed by atoms with van der Waals surface area (Å²) in [6.07, 6.45) is 3.58. The van der Waals surface area contributed by atoms with Gasteiger partial charge in [-0.15, -0.1) is 0 Å². The SMILES string of the molecule is NC(=O)c1ccc(CNC(=O)c2cnn(-c3ccc(Cl)cc3Cl)c2C2CC2)cc1. The molecule has 0 spiro atoms. The third-order valence-electron chi connectivity index (χ3n) is 4.84. The van der Waals surface area contributed by atoms with Crippen LogP contribution in [0.15, 0.2) is 48.7 Å². The van der Waals surface area contributed by atoms with Gasteiger partial charge in [0.25, 0.3) is 5.91 Å². The molecule has 4 rings (SSSR count). The molecule has 0 unspecified atom stereocenters. The number of halogens is 2. The number of carbonyl (C=O) groups is 2. The van der Waals surface area contributed by atoms with Crippen molar-refractivity contribution in [1.82, 2.24) is 15.1 Å². The molecule has 6 nitrogen and oxygen atoms in total. The van der Waals surface area contributed by atoms with Gasteiger partial charge in [-0.2, -0.15) is 5.10 Å². The standard InChI is InChI=1S/C21H18Cl2N4O2/c22-15-7-8-18(17(23)9-15)27-19(13-5-6-13)16(11-26-27)21(29)25-10-12-1-3-14(4-2-12)20(24)28/h1-4,7-9,11,13H,5-6,10H2,(H2,24,28)(H,25,29). The summed E-state index contributed by atoms with van der Waals surface area (Å²) in [6.45, 7) is 0.328. The molecular weight excluding hydrogens is 411 g/mol. The van der Waals surface area contributed by atoms with E-state index >= 15 is 0 Å². The fourth-order valence-corrected chi connectivity index (χ4v) is 3.68. The summed E-state index contributed by atoms with van der Waals surface area (Å²) in [5.41, 5.74) is 8.63. The van der Waals surface area contributed by atoms with Gasteiger partial charge in [-0.3, -0.25) is 9.59 Å². The quantitative estimate of drug-likeness (QED) is 0.619. The zero-order valence-corrected chi connectivity index (χ0v) is 16.9. The Kier molecular flexibility index (Phi) is 5.30. The van der Waals surface area contributed by atoms with Gasteiger partial charge in [0, 0.05) is 23.0 Å². The molecule has 1 saturated carbocycles. The van der Waals surface area contributed by atoms with Gasteiger partial charge in [-0.1, -0.05) is 35.3 Å². The molecule has 1 heterocycles. The average Bonchev–Trinajstić information content (AvgIpc) is 3.45. The lowest BCUT2D eigenvalue weighted by Crippen LogP contribution is -2.24. The molecule has 0 bridgehead atoms. The van der Waals surface area contributed by atoms with Crippen molar-refractivity contribution in [3.63, 3.8) is 0 Å². The molecule has 0 radical (unpaired) electrons. The van der Waals surface area contributed by atoms with Crippen LogP contribution in [-0.4, -0.2) is 21.6 Å². The predicted molar refractivity (Wildman–Crippen MR) is 112 cm³/mol. The Balaban J connectivity index is 1.56. The van der Waals surface area contributed by atoms with E-state index in [2.05, 4.69) is 10.4 Å². The third-order valence-corrected chi connectivity index (χ3v) is 5.38. The van der Waals surface area contributed by atoms with Gasteiger partial charge in [-0.25, -0.2) is 4.68 Å². The first-order chi connectivity index (χ1) is 13.9. The maximum atomic E-state index is 12.8. The lowest BCUT2D eigenvalue weighted by Gasteiger charge is -2.11. The van der Waals surface area contributed by atoms with Crippen molar-refractivity contribution in [3.05, 3.63) is 81.1 Å². The lowest BCUT2D eigenvalue weighted by molar-refractivity contribution is 0.0948. The van der Waals surface area contributed by atoms with E-state index in [1.165, 1.54) is 0 Å². The fourth-order valence-electron chi connectivity index (χ4n) is 3.19. The van der Waals surface area contributed by atoms with E-state index < -0.39 is 5.91 Å². The Morgan fingerprint density at radius 3 is 2.48 bits per heavy atom. The van der Waals surface area contributed by atoms with Crippen LogP contribution in [0.1, 0.15) is 50.7 Å². The van der Waals surface area contributed by atoms with Gasteiger partial charge in [0.1, 0.15) is 0 Å². The highest BCUT2D eigenvalue weighted by molar-refractivity contribution is 6.35. The van der Waals surface area contributed by atoms with E-state index in [1.807, 2.05) is 0 Å². The van der Waals surface area contributed by atoms with Crippen LogP contribution < -0.4 is 11.1 Å². The first-order valence-electron chi connectivity index (χ1n) is 9.14. The summed E-state index contributed by atoms with van der Waals surface area (Å²) >= 11 is 12.3. The molecule has 3 aromatic rings. The van der Waals surface area contributed by atoms with Gasteiger partial charge in [-0.05, 0) is 48.7 Å². The highest BCUT2D eigenvalue weighted by Crippen LogP contribution is 2.43. The first kappa shape index (κ1) is 19.5. The molecule has 8 heteroatoms. The molecule has 1 aromatic heterocycles. The zero-order chi connectivity index (χ0) is 20.5. The zero-order valence-electron chi connectivity index (χ0n) is 15.4. The highest BCUT2D eigenvalue weighted by Gasteiger charge is 2.33. The second-order valence-electron chi connectivity index (χ2n) is 6.97. The van der Waals surface area contributed by atoms with Crippen LogP contribution in [0.3, 0.4) is 0 Å². The van der Waals surface area contributed by atoms with Crippen molar-refractivity contribution < 1.29 is 9.59 Å². The van der Waals surface area contributed by atoms with Gasteiger partial charge in [0.05, 0.1) is 28.2 Å². The summed E-state index contributed by atoms with van der Waals surface area (Å²) in [6, 6.07) is 12.0. The molecule has 0 aliphatic heterocycles. The smallest absolute Gasteiger partial charge is 0.255 e. The first-order valence-corrected chi connectivity index (χ1v) is 9.90. The van der Waals surface area contributed by atoms with Gasteiger partial charge >= 0.3 is 0 Å². The topological polar surface area (TPSA) is 90.0 Å². The number of hydrogen-bond acceptors (Lipinski definition) is 3. The van der Waals surface area contributed by atoms with E-state index in [0.717, 1.165) is 24.1 Å². The molecule has 148 valence electrons. The van der Waals surface area contributed by atoms with E-state index in [4.69, 9.17) is 28.9 Å². The van der Waals surface area contributed by atoms with Crippen molar-refractivity contribution in [2.75, 3.05) is 0 Å². The van der Waals surface area contributed by atoms with Crippen molar-refractivity contribution in [2.24, 2.45) is 5.73 Å². The number of hydrogen-bond donors (Lipinski definition) is 2. The molecule has 2 amide bonds. The molecular formula is C21H18Cl2N4O2. The number of benzene rings is 2. The van der Waals surface area contributed by atoms with Crippen LogP contribution in [0.2, 0.25) is 10.0 Å². The van der Waals surface area contributed by atoms with Crippen LogP contribution in [0.4, 0.5) is 0 Å². The molecule has 1 fully saturated rings. The number of primary amides is 1. The summed E-state index contributed by atoms with van der Waals surface area (Å²) in [7, 11) is 0. The number of nitrogens with two attached hydrogens (primary N) is 1. The molecule has 1 aliphatic carbocycles. The minimum Gasteiger partial charge on any atom is -0.366 e. The van der Waals surface area contributed by atoms with Crippen LogP contribution in [0.5, 0.6) is 0 Å². The van der Waals surface area contributed by atoms with Gasteiger partial charge < -0.3 is 11.1 Å². The largest absolute Gasteiger partial charge is 0.366 e. The van der Waals surface area contributed by atoms with E-state index in [-0.39, 0.29) is 11.8 Å². The highest BCUT2D eigenvalue weighted by atomic mass is 35.5. The Morgan fingerprint density at radius 2 is 1.86 bits per heavy atom. The minimum atomic E-state index is -0.483. The molecule has 29 heavy (non-hydrogen) atoms. The van der Waals surface area contributed by atoms with Crippen molar-refractivity contribution >= 4 is 35.0 Å². The minimum absolute atomic E-state index is 0.206. The second-order valence-corrected chi connectivity index (χ2v) is 7.81. The van der Waals surface area contributed by atoms with Gasteiger partial charge in [0.2, 0.25) is 5.91 Å². The number of carbonyl (C=O) groups excluding carboxylic acids is 2. The molecule has 1 aliphatic rings. The third kappa shape index (κ3) is 4.13. The van der Waals surface area contributed by atoms with Crippen molar-refractivity contribution in [1.29, 1.82) is 0 Å². The molecule has 0 atom stereocenters. The summed E-state index contributed by atoms with van der Waals surface area (Å²) in [4.78, 5) is 24.0. The maximum absolute atomic E-state index is 12.8. The molecule has 0 saturated heterocycles. The number of nitrogens with one attached hydrogen (secondary N) is 1. The number of rotatable bonds is 6. The van der Waals surface area contributed by atoms with Crippen LogP contribution in [0.25, 0.3) is 5.69 Å². The summed E-state index contributed by atoms with van der Waals surface area (Å²) < 4.78 is 1.73. The van der Waals surface area contributed by atoms with Gasteiger partial charge in [0.15, 0.2) is 0 Å². The van der Waals surface area contributed by atoms with Crippen LogP contribution >= 0.6 is 23.2 Å². The predicted octanol–water partition coefficient (Wildman–Crippen LogP) is 4.09. The molecule has 2 aromatic carbocycles. The summed E-state index contributed by atoms with van der Waals surface area (Å²) in [5.74, 6) is -0.412. The normalized spacial score (nSPS) is 13.3. The Bertz CT molecular complexity index is 1090. The average molecular weight is 429 g/mol. The monoisotopic (exact) mass is 428 g/mol. The Hall–Kier alpha value is -2.83. The van der Waals surface area contributed by atoms with E-state index in [9.17, 15) is 9.59 Å².